The molecule has 2 bridgehead atoms. The number of fused-ring (bicyclic) bond motifs is 2. The highest BCUT2D eigenvalue weighted by molar-refractivity contribution is 8.01. The van der Waals surface area contributed by atoms with Crippen molar-refractivity contribution >= 4 is 35.2 Å². The summed E-state index contributed by atoms with van der Waals surface area (Å²) in [5, 5.41) is 9.70. The maximum atomic E-state index is 13.5. The fraction of sp³-hybridized carbons (Fsp3) is 0.600. The van der Waals surface area contributed by atoms with Crippen molar-refractivity contribution in [3.05, 3.63) is 29.0 Å². The van der Waals surface area contributed by atoms with Crippen molar-refractivity contribution in [3.8, 4) is 5.75 Å². The second-order valence-corrected chi connectivity index (χ2v) is 10.1. The van der Waals surface area contributed by atoms with Crippen LogP contribution in [0.25, 0.3) is 0 Å². The second-order valence-electron chi connectivity index (χ2n) is 8.12. The summed E-state index contributed by atoms with van der Waals surface area (Å²) >= 11 is 7.30. The van der Waals surface area contributed by atoms with Crippen LogP contribution in [0.2, 0.25) is 5.02 Å². The lowest BCUT2D eigenvalue weighted by molar-refractivity contribution is -0.126. The second kappa shape index (κ2) is 8.70. The Kier molecular flexibility index (Phi) is 6.22. The molecule has 1 aromatic rings. The number of rotatable bonds is 6. The van der Waals surface area contributed by atoms with Crippen LogP contribution in [0.15, 0.2) is 18.2 Å². The number of thioether (sulfide) groups is 1. The van der Waals surface area contributed by atoms with Gasteiger partial charge in [-0.2, -0.15) is 0 Å². The molecule has 3 N–H and O–H groups in total. The molecule has 3 aliphatic carbocycles. The first-order valence-electron chi connectivity index (χ1n) is 9.95. The fourth-order valence-corrected chi connectivity index (χ4v) is 5.51. The number of halogens is 2. The Labute approximate surface area is 178 Å². The molecule has 5 rings (SSSR count). The minimum absolute atomic E-state index is 0.0114. The standard InChI is InChI=1S/C20H25ClFN3O3S/c1-10-8-23-20(29-10)19(27)25-17-7-16(11-4-12(17)5-11)24-18(26)9-28-13-2-3-14(21)15(22)6-13/h2-3,6,10-12,16-17,20,23H,4-5,7-9H2,1H3,(H,24,26)(H,25,27). The number of ether oxygens (including phenoxy) is 1. The van der Waals surface area contributed by atoms with Crippen molar-refractivity contribution in [1.29, 1.82) is 0 Å². The smallest absolute Gasteiger partial charge is 0.258 e. The number of carbonyl (C=O) groups excluding carboxylic acids is 2. The lowest BCUT2D eigenvalue weighted by Gasteiger charge is -2.51. The van der Waals surface area contributed by atoms with Crippen LogP contribution in [0, 0.1) is 17.7 Å². The van der Waals surface area contributed by atoms with E-state index in [-0.39, 0.29) is 46.7 Å². The zero-order valence-corrected chi connectivity index (χ0v) is 17.7. The first-order valence-corrected chi connectivity index (χ1v) is 11.3. The van der Waals surface area contributed by atoms with E-state index in [0.29, 0.717) is 17.1 Å². The van der Waals surface area contributed by atoms with Gasteiger partial charge >= 0.3 is 0 Å². The van der Waals surface area contributed by atoms with Gasteiger partial charge in [0.2, 0.25) is 5.91 Å². The molecule has 6 nitrogen and oxygen atoms in total. The molecule has 1 saturated heterocycles. The summed E-state index contributed by atoms with van der Waals surface area (Å²) in [4.78, 5) is 24.8. The van der Waals surface area contributed by atoms with Gasteiger partial charge in [-0.05, 0) is 43.2 Å². The first kappa shape index (κ1) is 20.8. The van der Waals surface area contributed by atoms with E-state index in [0.717, 1.165) is 31.9 Å². The Bertz CT molecular complexity index is 792. The molecule has 4 unspecified atom stereocenters. The van der Waals surface area contributed by atoms with Crippen LogP contribution < -0.4 is 20.7 Å². The van der Waals surface area contributed by atoms with Gasteiger partial charge in [0.15, 0.2) is 6.61 Å². The maximum absolute atomic E-state index is 13.5. The highest BCUT2D eigenvalue weighted by Crippen LogP contribution is 2.46. The zero-order chi connectivity index (χ0) is 20.5. The van der Waals surface area contributed by atoms with Crippen LogP contribution in [0.1, 0.15) is 26.2 Å². The Balaban J connectivity index is 1.26. The van der Waals surface area contributed by atoms with Crippen molar-refractivity contribution < 1.29 is 18.7 Å². The van der Waals surface area contributed by atoms with Gasteiger partial charge in [-0.25, -0.2) is 4.39 Å². The van der Waals surface area contributed by atoms with Gasteiger partial charge in [0, 0.05) is 29.9 Å². The quantitative estimate of drug-likeness (QED) is 0.631. The van der Waals surface area contributed by atoms with Crippen LogP contribution >= 0.6 is 23.4 Å². The van der Waals surface area contributed by atoms with Crippen LogP contribution in [0.3, 0.4) is 0 Å². The van der Waals surface area contributed by atoms with E-state index in [1.807, 2.05) is 0 Å². The summed E-state index contributed by atoms with van der Waals surface area (Å²) in [7, 11) is 0. The highest BCUT2D eigenvalue weighted by Gasteiger charge is 2.47. The predicted octanol–water partition coefficient (Wildman–Crippen LogP) is 2.31. The molecule has 3 saturated carbocycles. The molecule has 4 atom stereocenters. The molecule has 1 heterocycles. The van der Waals surface area contributed by atoms with Crippen molar-refractivity contribution in [3.63, 3.8) is 0 Å². The molecule has 9 heteroatoms. The van der Waals surface area contributed by atoms with Gasteiger partial charge in [-0.3, -0.25) is 14.9 Å². The van der Waals surface area contributed by atoms with Crippen molar-refractivity contribution in [2.24, 2.45) is 11.8 Å². The third kappa shape index (κ3) is 4.81. The molecule has 4 aliphatic rings. The highest BCUT2D eigenvalue weighted by atomic mass is 35.5. The molecular formula is C20H25ClFN3O3S. The van der Waals surface area contributed by atoms with Crippen LogP contribution in [-0.4, -0.2) is 47.7 Å². The number of benzene rings is 1. The Morgan fingerprint density at radius 3 is 2.62 bits per heavy atom. The average molecular weight is 442 g/mol. The van der Waals surface area contributed by atoms with E-state index in [1.165, 1.54) is 12.1 Å². The average Bonchev–Trinajstić information content (AvgIpc) is 3.08. The monoisotopic (exact) mass is 441 g/mol. The minimum atomic E-state index is -0.583. The zero-order valence-electron chi connectivity index (χ0n) is 16.1. The molecule has 0 spiro atoms. The van der Waals surface area contributed by atoms with E-state index in [4.69, 9.17) is 16.3 Å². The van der Waals surface area contributed by atoms with Crippen molar-refractivity contribution in [2.45, 2.75) is 48.9 Å². The maximum Gasteiger partial charge on any atom is 0.258 e. The van der Waals surface area contributed by atoms with Gasteiger partial charge in [0.05, 0.1) is 5.02 Å². The Morgan fingerprint density at radius 2 is 1.97 bits per heavy atom. The summed E-state index contributed by atoms with van der Waals surface area (Å²) in [6.07, 6.45) is 2.76. The molecule has 0 aromatic heterocycles. The number of hydrogen-bond acceptors (Lipinski definition) is 5. The van der Waals surface area contributed by atoms with Gasteiger partial charge in [0.1, 0.15) is 16.9 Å². The van der Waals surface area contributed by atoms with E-state index >= 15 is 0 Å². The van der Waals surface area contributed by atoms with Crippen LogP contribution in [0.5, 0.6) is 5.75 Å². The predicted molar refractivity (Wildman–Crippen MR) is 110 cm³/mol. The number of amides is 2. The summed E-state index contributed by atoms with van der Waals surface area (Å²) in [5.74, 6) is 0.407. The van der Waals surface area contributed by atoms with Crippen LogP contribution in [-0.2, 0) is 9.59 Å². The summed E-state index contributed by atoms with van der Waals surface area (Å²) < 4.78 is 18.8. The van der Waals surface area contributed by atoms with E-state index in [1.54, 1.807) is 11.8 Å². The van der Waals surface area contributed by atoms with Gasteiger partial charge in [0.25, 0.3) is 5.91 Å². The normalized spacial score (nSPS) is 32.9. The van der Waals surface area contributed by atoms with Gasteiger partial charge in [-0.15, -0.1) is 11.8 Å². The molecule has 2 amide bonds. The van der Waals surface area contributed by atoms with E-state index in [9.17, 15) is 14.0 Å². The lowest BCUT2D eigenvalue weighted by atomic mass is 9.60. The van der Waals surface area contributed by atoms with Crippen LogP contribution in [0.4, 0.5) is 4.39 Å². The number of hydrogen-bond donors (Lipinski definition) is 3. The van der Waals surface area contributed by atoms with Gasteiger partial charge in [-0.1, -0.05) is 18.5 Å². The topological polar surface area (TPSA) is 79.5 Å². The number of nitrogens with one attached hydrogen (secondary N) is 3. The molecular weight excluding hydrogens is 417 g/mol. The summed E-state index contributed by atoms with van der Waals surface area (Å²) in [6, 6.07) is 4.19. The number of carbonyl (C=O) groups is 2. The summed E-state index contributed by atoms with van der Waals surface area (Å²) in [6.45, 7) is 2.76. The van der Waals surface area contributed by atoms with E-state index in [2.05, 4.69) is 22.9 Å². The molecule has 1 aliphatic heterocycles. The largest absolute Gasteiger partial charge is 0.484 e. The fourth-order valence-electron chi connectivity index (χ4n) is 4.36. The van der Waals surface area contributed by atoms with Crippen molar-refractivity contribution in [1.82, 2.24) is 16.0 Å². The van der Waals surface area contributed by atoms with Gasteiger partial charge < -0.3 is 15.4 Å². The molecule has 158 valence electrons. The summed E-state index contributed by atoms with van der Waals surface area (Å²) in [5.41, 5.74) is 0. The van der Waals surface area contributed by atoms with Crippen molar-refractivity contribution in [2.75, 3.05) is 13.2 Å². The SMILES string of the molecule is CC1CNC(C(=O)NC2CC(NC(=O)COc3ccc(Cl)c(F)c3)C3CC2C3)S1. The molecule has 4 fully saturated rings. The molecule has 0 radical (unpaired) electrons. The minimum Gasteiger partial charge on any atom is -0.484 e. The lowest BCUT2D eigenvalue weighted by Crippen LogP contribution is -2.61. The third-order valence-corrected chi connectivity index (χ3v) is 7.58. The van der Waals surface area contributed by atoms with E-state index < -0.39 is 5.82 Å². The Morgan fingerprint density at radius 1 is 1.24 bits per heavy atom. The molecule has 29 heavy (non-hydrogen) atoms. The Hall–Kier alpha value is -1.51. The molecule has 1 aromatic carbocycles. The first-order chi connectivity index (χ1) is 13.9. The third-order valence-electron chi connectivity index (χ3n) is 5.99.